The predicted molar refractivity (Wildman–Crippen MR) is 169 cm³/mol. The first-order chi connectivity index (χ1) is 20.5. The number of hydrogen-bond donors (Lipinski definition) is 1. The summed E-state index contributed by atoms with van der Waals surface area (Å²) in [6.45, 7) is 8.71. The van der Waals surface area contributed by atoms with Gasteiger partial charge in [-0.05, 0) is 38.1 Å². The highest BCUT2D eigenvalue weighted by Gasteiger charge is 2.26. The van der Waals surface area contributed by atoms with Gasteiger partial charge in [0.2, 0.25) is 5.91 Å². The summed E-state index contributed by atoms with van der Waals surface area (Å²) in [6.07, 6.45) is 0.123. The lowest BCUT2D eigenvalue weighted by atomic mass is 10.0. The molecule has 5 aromatic rings. The molecule has 0 unspecified atom stereocenters. The van der Waals surface area contributed by atoms with E-state index >= 15 is 0 Å². The Morgan fingerprint density at radius 3 is 2.55 bits per heavy atom. The summed E-state index contributed by atoms with van der Waals surface area (Å²) in [4.78, 5) is 30.5. The fourth-order valence-electron chi connectivity index (χ4n) is 6.01. The van der Waals surface area contributed by atoms with Crippen LogP contribution in [0, 0.1) is 0 Å². The Kier molecular flexibility index (Phi) is 7.19. The molecule has 3 aromatic carbocycles. The Morgan fingerprint density at radius 1 is 0.952 bits per heavy atom. The molecule has 2 atom stereocenters. The summed E-state index contributed by atoms with van der Waals surface area (Å²) in [6, 6.07) is 19.4. The third-order valence-electron chi connectivity index (χ3n) is 8.32. The number of carbonyl (C=O) groups excluding carboxylic acids is 1. The van der Waals surface area contributed by atoms with Crippen LogP contribution in [-0.4, -0.2) is 69.0 Å². The quantitative estimate of drug-likeness (QED) is 0.284. The van der Waals surface area contributed by atoms with E-state index in [0.29, 0.717) is 49.8 Å². The third-order valence-corrected chi connectivity index (χ3v) is 9.54. The molecule has 8 nitrogen and oxygen atoms in total. The molecule has 42 heavy (non-hydrogen) atoms. The number of hydrogen-bond acceptors (Lipinski definition) is 8. The van der Waals surface area contributed by atoms with Crippen LogP contribution in [-0.2, 0) is 14.3 Å². The number of amides is 1. The molecule has 2 aliphatic rings. The highest BCUT2D eigenvalue weighted by Crippen LogP contribution is 2.42. The van der Waals surface area contributed by atoms with Gasteiger partial charge in [0.25, 0.3) is 0 Å². The van der Waals surface area contributed by atoms with Gasteiger partial charge in [-0.25, -0.2) is 0 Å². The summed E-state index contributed by atoms with van der Waals surface area (Å²) in [5.74, 6) is 0.554. The van der Waals surface area contributed by atoms with E-state index in [2.05, 4.69) is 39.4 Å². The number of carbonyl (C=O) groups is 1. The number of nitrogens with one attached hydrogen (secondary N) is 1. The number of fused-ring (bicyclic) bond motifs is 4. The van der Waals surface area contributed by atoms with Crippen LogP contribution in [0.25, 0.3) is 42.3 Å². The number of anilines is 2. The summed E-state index contributed by atoms with van der Waals surface area (Å²) < 4.78 is 19.8. The molecular weight excluding hydrogens is 550 g/mol. The molecule has 1 amide bonds. The van der Waals surface area contributed by atoms with E-state index in [-0.39, 0.29) is 23.5 Å². The fourth-order valence-corrected chi connectivity index (χ4v) is 7.23. The number of benzene rings is 3. The van der Waals surface area contributed by atoms with Crippen LogP contribution in [0.15, 0.2) is 69.9 Å². The standard InChI is InChI=1S/C33H33N3O5S/c1-20-19-36(13-16-40-20)21(2)33(38)34-22-9-10-29-27(17-22)25-7-4-6-24(32(25)42-29)23-5-3-8-26-28(37)18-30(41-31(23)26)35-11-14-39-15-12-35/h3-10,17-18,20-21H,11-16,19H2,1-2H3,(H,34,38)/t20-,21+/m0/s1. The molecule has 4 heterocycles. The number of thiophene rings is 1. The van der Waals surface area contributed by atoms with Gasteiger partial charge in [-0.15, -0.1) is 11.3 Å². The lowest BCUT2D eigenvalue weighted by Gasteiger charge is -2.34. The van der Waals surface area contributed by atoms with E-state index < -0.39 is 0 Å². The summed E-state index contributed by atoms with van der Waals surface area (Å²) in [5.41, 5.74) is 3.22. The van der Waals surface area contributed by atoms with Gasteiger partial charge in [0.1, 0.15) is 5.58 Å². The van der Waals surface area contributed by atoms with E-state index in [1.165, 1.54) is 0 Å². The first-order valence-corrected chi connectivity index (χ1v) is 15.3. The van der Waals surface area contributed by atoms with Gasteiger partial charge in [0.15, 0.2) is 11.3 Å². The first-order valence-electron chi connectivity index (χ1n) is 14.5. The number of para-hydroxylation sites is 1. The highest BCUT2D eigenvalue weighted by atomic mass is 32.1. The monoisotopic (exact) mass is 583 g/mol. The van der Waals surface area contributed by atoms with E-state index in [9.17, 15) is 9.59 Å². The van der Waals surface area contributed by atoms with E-state index in [0.717, 1.165) is 50.1 Å². The summed E-state index contributed by atoms with van der Waals surface area (Å²) in [7, 11) is 0. The topological polar surface area (TPSA) is 84.2 Å². The second-order valence-electron chi connectivity index (χ2n) is 11.1. The molecule has 216 valence electrons. The Labute approximate surface area is 247 Å². The van der Waals surface area contributed by atoms with Crippen LogP contribution in [0.1, 0.15) is 13.8 Å². The molecule has 2 aromatic heterocycles. The zero-order chi connectivity index (χ0) is 28.8. The van der Waals surface area contributed by atoms with Crippen LogP contribution < -0.4 is 15.6 Å². The van der Waals surface area contributed by atoms with Crippen molar-refractivity contribution in [1.82, 2.24) is 4.90 Å². The van der Waals surface area contributed by atoms with Crippen molar-refractivity contribution >= 4 is 60.0 Å². The van der Waals surface area contributed by atoms with Gasteiger partial charge < -0.3 is 24.1 Å². The molecule has 0 spiro atoms. The second-order valence-corrected chi connectivity index (χ2v) is 12.1. The van der Waals surface area contributed by atoms with Crippen molar-refractivity contribution in [3.63, 3.8) is 0 Å². The van der Waals surface area contributed by atoms with E-state index in [4.69, 9.17) is 13.9 Å². The van der Waals surface area contributed by atoms with Crippen molar-refractivity contribution in [3.8, 4) is 11.1 Å². The third kappa shape index (κ3) is 4.96. The van der Waals surface area contributed by atoms with Crippen molar-refractivity contribution in [2.45, 2.75) is 26.0 Å². The number of ether oxygens (including phenoxy) is 2. The molecule has 1 N–H and O–H groups in total. The minimum absolute atomic E-state index is 0.0227. The minimum atomic E-state index is -0.249. The van der Waals surface area contributed by atoms with Crippen molar-refractivity contribution in [2.24, 2.45) is 0 Å². The molecule has 0 radical (unpaired) electrons. The maximum Gasteiger partial charge on any atom is 0.241 e. The lowest BCUT2D eigenvalue weighted by Crippen LogP contribution is -2.50. The maximum atomic E-state index is 13.2. The highest BCUT2D eigenvalue weighted by molar-refractivity contribution is 7.26. The maximum absolute atomic E-state index is 13.2. The lowest BCUT2D eigenvalue weighted by molar-refractivity contribution is -0.123. The van der Waals surface area contributed by atoms with Crippen molar-refractivity contribution in [1.29, 1.82) is 0 Å². The number of morpholine rings is 2. The normalized spacial score (nSPS) is 19.0. The van der Waals surface area contributed by atoms with Crippen molar-refractivity contribution < 1.29 is 18.7 Å². The first kappa shape index (κ1) is 27.1. The molecular formula is C33H33N3O5S. The number of rotatable bonds is 5. The average molecular weight is 584 g/mol. The Bertz CT molecular complexity index is 1860. The van der Waals surface area contributed by atoms with Crippen LogP contribution in [0.3, 0.4) is 0 Å². The molecule has 0 aliphatic carbocycles. The smallest absolute Gasteiger partial charge is 0.241 e. The SMILES string of the molecule is C[C@H](C(=O)Nc1ccc2sc3c(-c4cccc5c(=O)cc(N6CCOCC6)oc45)cccc3c2c1)N1CCO[C@@H](C)C1. The van der Waals surface area contributed by atoms with Crippen molar-refractivity contribution in [2.75, 3.05) is 56.2 Å². The predicted octanol–water partition coefficient (Wildman–Crippen LogP) is 5.71. The average Bonchev–Trinajstić information content (AvgIpc) is 3.39. The zero-order valence-electron chi connectivity index (χ0n) is 23.7. The molecule has 2 saturated heterocycles. The fraction of sp³-hybridized carbons (Fsp3) is 0.333. The van der Waals surface area contributed by atoms with Gasteiger partial charge in [0.05, 0.1) is 37.4 Å². The van der Waals surface area contributed by atoms with E-state index in [1.54, 1.807) is 17.4 Å². The molecule has 0 bridgehead atoms. The van der Waals surface area contributed by atoms with E-state index in [1.807, 2.05) is 44.2 Å². The minimum Gasteiger partial charge on any atom is -0.440 e. The largest absolute Gasteiger partial charge is 0.440 e. The zero-order valence-corrected chi connectivity index (χ0v) is 24.5. The van der Waals surface area contributed by atoms with Crippen LogP contribution >= 0.6 is 11.3 Å². The van der Waals surface area contributed by atoms with Crippen molar-refractivity contribution in [3.05, 3.63) is 70.9 Å². The second kappa shape index (κ2) is 11.1. The molecule has 0 saturated carbocycles. The molecule has 7 rings (SSSR count). The van der Waals surface area contributed by atoms with Gasteiger partial charge in [-0.1, -0.05) is 30.3 Å². The Morgan fingerprint density at radius 2 is 1.74 bits per heavy atom. The van der Waals surface area contributed by atoms with Gasteiger partial charge in [-0.2, -0.15) is 0 Å². The van der Waals surface area contributed by atoms with Gasteiger partial charge >= 0.3 is 0 Å². The van der Waals surface area contributed by atoms with Crippen LogP contribution in [0.5, 0.6) is 0 Å². The Hall–Kier alpha value is -3.76. The number of nitrogens with zero attached hydrogens (tertiary/aromatic N) is 2. The summed E-state index contributed by atoms with van der Waals surface area (Å²) in [5, 5.41) is 5.88. The van der Waals surface area contributed by atoms with Gasteiger partial charge in [0, 0.05) is 69.2 Å². The van der Waals surface area contributed by atoms with Crippen LogP contribution in [0.2, 0.25) is 0 Å². The molecule has 2 aliphatic heterocycles. The summed E-state index contributed by atoms with van der Waals surface area (Å²) >= 11 is 1.70. The van der Waals surface area contributed by atoms with Crippen LogP contribution in [0.4, 0.5) is 11.6 Å². The Balaban J connectivity index is 1.26. The molecule has 9 heteroatoms. The molecule has 2 fully saturated rings. The van der Waals surface area contributed by atoms with Gasteiger partial charge in [-0.3, -0.25) is 14.5 Å².